The lowest BCUT2D eigenvalue weighted by Crippen LogP contribution is -2.35. The van der Waals surface area contributed by atoms with Crippen LogP contribution in [0.1, 0.15) is 41.2 Å². The predicted molar refractivity (Wildman–Crippen MR) is 119 cm³/mol. The van der Waals surface area contributed by atoms with Crippen LogP contribution in [-0.4, -0.2) is 63.7 Å². The molecule has 3 rings (SSSR count). The van der Waals surface area contributed by atoms with Gasteiger partial charge in [-0.1, -0.05) is 30.7 Å². The van der Waals surface area contributed by atoms with Gasteiger partial charge in [-0.2, -0.15) is 4.31 Å². The molecule has 2 aromatic rings. The van der Waals surface area contributed by atoms with Crippen LogP contribution in [0.25, 0.3) is 0 Å². The molecular weight excluding hydrogens is 417 g/mol. The number of rotatable bonds is 9. The fourth-order valence-corrected chi connectivity index (χ4v) is 5.29. The molecule has 0 aromatic heterocycles. The average molecular weight is 448 g/mol. The maximum Gasteiger partial charge on any atom is 0.243 e. The largest absolute Gasteiger partial charge is 0.308 e. The van der Waals surface area contributed by atoms with Gasteiger partial charge in [-0.3, -0.25) is 4.79 Å². The number of likely N-dealkylation sites (N-methyl/N-ethyl adjacent to an activating group) is 1. The molecule has 1 unspecified atom stereocenters. The fraction of sp³-hybridized carbons (Fsp3) is 0.435. The van der Waals surface area contributed by atoms with Crippen molar-refractivity contribution in [2.45, 2.75) is 30.2 Å². The van der Waals surface area contributed by atoms with Crippen molar-refractivity contribution in [1.29, 1.82) is 0 Å². The van der Waals surface area contributed by atoms with E-state index < -0.39 is 10.0 Å². The Balaban J connectivity index is 1.58. The third kappa shape index (κ3) is 5.98. The monoisotopic (exact) mass is 447 g/mol. The number of piperidine rings is 1. The summed E-state index contributed by atoms with van der Waals surface area (Å²) < 4.78 is 40.2. The maximum absolute atomic E-state index is 13.2. The van der Waals surface area contributed by atoms with Crippen LogP contribution in [0, 0.1) is 5.82 Å². The van der Waals surface area contributed by atoms with Crippen LogP contribution >= 0.6 is 0 Å². The van der Waals surface area contributed by atoms with E-state index in [1.807, 2.05) is 19.0 Å². The Morgan fingerprint density at radius 2 is 1.65 bits per heavy atom. The zero-order valence-electron chi connectivity index (χ0n) is 18.1. The first kappa shape index (κ1) is 23.5. The Bertz CT molecular complexity index is 970. The molecule has 0 saturated carbocycles. The van der Waals surface area contributed by atoms with Gasteiger partial charge in [0.1, 0.15) is 5.82 Å². The van der Waals surface area contributed by atoms with Crippen LogP contribution in [0.15, 0.2) is 53.4 Å². The number of carbonyl (C=O) groups is 1. The second-order valence-corrected chi connectivity index (χ2v) is 10.0. The first-order valence-corrected chi connectivity index (χ1v) is 12.0. The normalized spacial score (nSPS) is 16.4. The zero-order chi connectivity index (χ0) is 22.4. The van der Waals surface area contributed by atoms with E-state index in [-0.39, 0.29) is 29.1 Å². The molecule has 1 atom stereocenters. The lowest BCUT2D eigenvalue weighted by Gasteiger charge is -2.26. The molecule has 1 heterocycles. The van der Waals surface area contributed by atoms with E-state index >= 15 is 0 Å². The quantitative estimate of drug-likeness (QED) is 0.599. The SMILES string of the molecule is CN(C)C(CNCC(=O)c1ccc(S(=O)(=O)N2CCCCC2)cc1)c1ccc(F)cc1. The van der Waals surface area contributed by atoms with Crippen molar-refractivity contribution in [2.24, 2.45) is 0 Å². The minimum absolute atomic E-state index is 0.00883. The lowest BCUT2D eigenvalue weighted by molar-refractivity contribution is 0.0988. The van der Waals surface area contributed by atoms with Crippen LogP contribution in [0.5, 0.6) is 0 Å². The van der Waals surface area contributed by atoms with Crippen LogP contribution in [0.3, 0.4) is 0 Å². The molecule has 1 saturated heterocycles. The van der Waals surface area contributed by atoms with Gasteiger partial charge in [-0.15, -0.1) is 0 Å². The van der Waals surface area contributed by atoms with Crippen molar-refractivity contribution in [3.05, 3.63) is 65.5 Å². The van der Waals surface area contributed by atoms with Gasteiger partial charge in [-0.05, 0) is 56.8 Å². The smallest absolute Gasteiger partial charge is 0.243 e. The predicted octanol–water partition coefficient (Wildman–Crippen LogP) is 3.08. The van der Waals surface area contributed by atoms with Gasteiger partial charge in [0.05, 0.1) is 11.4 Å². The molecule has 0 spiro atoms. The molecular formula is C23H30FN3O3S. The number of Topliss-reactive ketones (excluding diaryl/α,β-unsaturated/α-hetero) is 1. The zero-order valence-corrected chi connectivity index (χ0v) is 18.9. The molecule has 168 valence electrons. The second kappa shape index (κ2) is 10.5. The standard InChI is InChI=1S/C23H30FN3O3S/c1-26(2)22(18-6-10-20(24)11-7-18)16-25-17-23(28)19-8-12-21(13-9-19)31(29,30)27-14-4-3-5-15-27/h6-13,22,25H,3-5,14-17H2,1-2H3. The molecule has 0 amide bonds. The number of halogens is 1. The highest BCUT2D eigenvalue weighted by molar-refractivity contribution is 7.89. The van der Waals surface area contributed by atoms with E-state index in [1.165, 1.54) is 28.6 Å². The fourth-order valence-electron chi connectivity index (χ4n) is 3.78. The number of hydrogen-bond donors (Lipinski definition) is 1. The van der Waals surface area contributed by atoms with Crippen molar-refractivity contribution in [3.8, 4) is 0 Å². The summed E-state index contributed by atoms with van der Waals surface area (Å²) in [7, 11) is 0.357. The Hall–Kier alpha value is -2.13. The Kier molecular flexibility index (Phi) is 7.94. The number of hydrogen-bond acceptors (Lipinski definition) is 5. The number of benzene rings is 2. The molecule has 1 N–H and O–H groups in total. The van der Waals surface area contributed by atoms with Crippen LogP contribution in [0.4, 0.5) is 4.39 Å². The molecule has 0 radical (unpaired) electrons. The Labute approximate surface area is 184 Å². The van der Waals surface area contributed by atoms with Gasteiger partial charge >= 0.3 is 0 Å². The second-order valence-electron chi connectivity index (χ2n) is 8.07. The third-order valence-electron chi connectivity index (χ3n) is 5.63. The molecule has 2 aromatic carbocycles. The first-order valence-electron chi connectivity index (χ1n) is 10.5. The summed E-state index contributed by atoms with van der Waals surface area (Å²) in [6.45, 7) is 1.75. The number of carbonyl (C=O) groups excluding carboxylic acids is 1. The Morgan fingerprint density at radius 1 is 1.03 bits per heavy atom. The van der Waals surface area contributed by atoms with E-state index in [9.17, 15) is 17.6 Å². The first-order chi connectivity index (χ1) is 14.8. The molecule has 31 heavy (non-hydrogen) atoms. The van der Waals surface area contributed by atoms with E-state index in [1.54, 1.807) is 24.3 Å². The van der Waals surface area contributed by atoms with Crippen LogP contribution in [0.2, 0.25) is 0 Å². The summed E-state index contributed by atoms with van der Waals surface area (Å²) in [6, 6.07) is 12.5. The number of nitrogens with one attached hydrogen (secondary N) is 1. The minimum atomic E-state index is -3.50. The number of nitrogens with zero attached hydrogens (tertiary/aromatic N) is 2. The summed E-state index contributed by atoms with van der Waals surface area (Å²) in [5, 5.41) is 3.16. The van der Waals surface area contributed by atoms with Gasteiger partial charge in [0.25, 0.3) is 0 Å². The summed E-state index contributed by atoms with van der Waals surface area (Å²) in [4.78, 5) is 14.8. The van der Waals surface area contributed by atoms with Crippen LogP contribution < -0.4 is 5.32 Å². The summed E-state index contributed by atoms with van der Waals surface area (Å²) in [6.07, 6.45) is 2.82. The minimum Gasteiger partial charge on any atom is -0.308 e. The average Bonchev–Trinajstić information content (AvgIpc) is 2.78. The molecule has 0 bridgehead atoms. The third-order valence-corrected chi connectivity index (χ3v) is 7.54. The highest BCUT2D eigenvalue weighted by atomic mass is 32.2. The van der Waals surface area contributed by atoms with Gasteiger partial charge in [0.2, 0.25) is 10.0 Å². The maximum atomic E-state index is 13.2. The van der Waals surface area contributed by atoms with Crippen molar-refractivity contribution in [1.82, 2.24) is 14.5 Å². The summed E-state index contributed by atoms with van der Waals surface area (Å²) in [5.74, 6) is -0.395. The van der Waals surface area contributed by atoms with Gasteiger partial charge < -0.3 is 10.2 Å². The van der Waals surface area contributed by atoms with Crippen molar-refractivity contribution < 1.29 is 17.6 Å². The number of sulfonamides is 1. The number of ketones is 1. The molecule has 1 aliphatic heterocycles. The molecule has 8 heteroatoms. The molecule has 1 fully saturated rings. The highest BCUT2D eigenvalue weighted by Crippen LogP contribution is 2.21. The van der Waals surface area contributed by atoms with Crippen molar-refractivity contribution >= 4 is 15.8 Å². The van der Waals surface area contributed by atoms with Gasteiger partial charge in [-0.25, -0.2) is 12.8 Å². The lowest BCUT2D eigenvalue weighted by atomic mass is 10.1. The Morgan fingerprint density at radius 3 is 2.23 bits per heavy atom. The van der Waals surface area contributed by atoms with Crippen LogP contribution in [-0.2, 0) is 10.0 Å². The molecule has 0 aliphatic carbocycles. The summed E-state index contributed by atoms with van der Waals surface area (Å²) in [5.41, 5.74) is 1.42. The van der Waals surface area contributed by atoms with E-state index in [4.69, 9.17) is 0 Å². The topological polar surface area (TPSA) is 69.7 Å². The van der Waals surface area contributed by atoms with Crippen molar-refractivity contribution in [3.63, 3.8) is 0 Å². The van der Waals surface area contributed by atoms with E-state index in [0.29, 0.717) is 25.2 Å². The van der Waals surface area contributed by atoms with Gasteiger partial charge in [0, 0.05) is 31.2 Å². The molecule has 6 nitrogen and oxygen atoms in total. The van der Waals surface area contributed by atoms with E-state index in [0.717, 1.165) is 24.8 Å². The summed E-state index contributed by atoms with van der Waals surface area (Å²) >= 11 is 0. The van der Waals surface area contributed by atoms with E-state index in [2.05, 4.69) is 5.32 Å². The molecule has 1 aliphatic rings. The highest BCUT2D eigenvalue weighted by Gasteiger charge is 2.26. The van der Waals surface area contributed by atoms with Crippen molar-refractivity contribution in [2.75, 3.05) is 40.3 Å². The van der Waals surface area contributed by atoms with Gasteiger partial charge in [0.15, 0.2) is 5.78 Å².